The molecule has 4 heterocycles. The summed E-state index contributed by atoms with van der Waals surface area (Å²) < 4.78 is 18.2. The number of imidazole rings is 1. The molecule has 0 aliphatic carbocycles. The van der Waals surface area contributed by atoms with Gasteiger partial charge in [-0.25, -0.2) is 9.97 Å². The van der Waals surface area contributed by atoms with Crippen LogP contribution in [0.2, 0.25) is 5.28 Å². The first-order valence-electron chi connectivity index (χ1n) is 13.5. The number of halogens is 1. The van der Waals surface area contributed by atoms with Crippen LogP contribution in [0.25, 0.3) is 15.9 Å². The molecular weight excluding hydrogens is 550 g/mol. The summed E-state index contributed by atoms with van der Waals surface area (Å²) in [6.45, 7) is 13.2. The minimum Gasteiger partial charge on any atom is -0.493 e. The van der Waals surface area contributed by atoms with Crippen LogP contribution in [0.15, 0.2) is 30.7 Å². The van der Waals surface area contributed by atoms with Crippen LogP contribution >= 0.6 is 22.9 Å². The number of fused-ring (bicyclic) bond motifs is 1. The van der Waals surface area contributed by atoms with E-state index < -0.39 is 0 Å². The maximum Gasteiger partial charge on any atom is 0.225 e. The van der Waals surface area contributed by atoms with Crippen LogP contribution in [0.5, 0.6) is 17.2 Å². The monoisotopic (exact) mass is 589 g/mol. The first-order chi connectivity index (χ1) is 19.5. The third-order valence-electron chi connectivity index (χ3n) is 6.17. The Morgan fingerprint density at radius 2 is 1.57 bits per heavy atom. The molecule has 3 aromatic heterocycles. The Hall–Kier alpha value is -3.12. The lowest BCUT2D eigenvalue weighted by atomic mass is 10.2. The Labute approximate surface area is 245 Å². The molecular formula is C28H40ClN7O3S. The van der Waals surface area contributed by atoms with Crippen molar-refractivity contribution < 1.29 is 14.2 Å². The molecule has 218 valence electrons. The molecule has 0 bridgehead atoms. The molecule has 1 saturated heterocycles. The van der Waals surface area contributed by atoms with E-state index in [1.807, 2.05) is 50.6 Å². The van der Waals surface area contributed by atoms with E-state index in [1.165, 1.54) is 4.88 Å². The lowest BCUT2D eigenvalue weighted by molar-refractivity contribution is 0.149. The van der Waals surface area contributed by atoms with Crippen LogP contribution in [-0.4, -0.2) is 83.9 Å². The van der Waals surface area contributed by atoms with Crippen molar-refractivity contribution in [3.63, 3.8) is 0 Å². The molecule has 0 saturated carbocycles. The van der Waals surface area contributed by atoms with E-state index in [-0.39, 0.29) is 5.28 Å². The molecule has 5 rings (SSSR count). The molecule has 12 heteroatoms. The van der Waals surface area contributed by atoms with Gasteiger partial charge in [-0.2, -0.15) is 4.98 Å². The summed E-state index contributed by atoms with van der Waals surface area (Å²) in [4.78, 5) is 20.3. The Kier molecular flexibility index (Phi) is 11.8. The Morgan fingerprint density at radius 1 is 0.925 bits per heavy atom. The number of hydrogen-bond donors (Lipinski definition) is 1. The fourth-order valence-corrected chi connectivity index (χ4v) is 5.50. The molecule has 0 atom stereocenters. The third-order valence-corrected chi connectivity index (χ3v) is 7.35. The molecule has 1 aromatic carbocycles. The van der Waals surface area contributed by atoms with Gasteiger partial charge in [0, 0.05) is 49.7 Å². The quantitative estimate of drug-likeness (QED) is 0.245. The van der Waals surface area contributed by atoms with Gasteiger partial charge in [-0.15, -0.1) is 11.3 Å². The number of nitrogens with one attached hydrogen (secondary N) is 1. The van der Waals surface area contributed by atoms with Crippen LogP contribution in [0.3, 0.4) is 0 Å². The minimum absolute atomic E-state index is 0.196. The van der Waals surface area contributed by atoms with Gasteiger partial charge in [0.2, 0.25) is 11.0 Å². The zero-order valence-corrected chi connectivity index (χ0v) is 26.2. The van der Waals surface area contributed by atoms with Crippen molar-refractivity contribution in [1.29, 1.82) is 0 Å². The Balaban J connectivity index is 0.00000106. The van der Waals surface area contributed by atoms with Gasteiger partial charge in [0.15, 0.2) is 11.5 Å². The van der Waals surface area contributed by atoms with E-state index in [4.69, 9.17) is 25.8 Å². The molecule has 1 aliphatic heterocycles. The van der Waals surface area contributed by atoms with Crippen molar-refractivity contribution in [3.8, 4) is 22.9 Å². The van der Waals surface area contributed by atoms with Gasteiger partial charge in [0.05, 0.1) is 38.6 Å². The van der Waals surface area contributed by atoms with E-state index in [1.54, 1.807) is 39.0 Å². The molecule has 40 heavy (non-hydrogen) atoms. The fourth-order valence-electron chi connectivity index (χ4n) is 4.21. The first kappa shape index (κ1) is 31.4. The number of anilines is 2. The van der Waals surface area contributed by atoms with E-state index in [0.717, 1.165) is 48.6 Å². The predicted molar refractivity (Wildman–Crippen MR) is 164 cm³/mol. The summed E-state index contributed by atoms with van der Waals surface area (Å²) in [6, 6.07) is 5.86. The molecule has 4 aromatic rings. The Bertz CT molecular complexity index is 1340. The topological polar surface area (TPSA) is 89.8 Å². The Morgan fingerprint density at radius 3 is 2.17 bits per heavy atom. The number of aromatic nitrogens is 4. The van der Waals surface area contributed by atoms with Crippen molar-refractivity contribution in [2.75, 3.05) is 59.9 Å². The largest absolute Gasteiger partial charge is 0.493 e. The second kappa shape index (κ2) is 15.0. The highest BCUT2D eigenvalue weighted by atomic mass is 35.5. The van der Waals surface area contributed by atoms with Gasteiger partial charge in [-0.1, -0.05) is 27.7 Å². The highest BCUT2D eigenvalue weighted by Gasteiger charge is 2.18. The number of nitrogens with zero attached hydrogens (tertiary/aromatic N) is 6. The highest BCUT2D eigenvalue weighted by Crippen LogP contribution is 2.39. The normalized spacial score (nSPS) is 13.6. The molecule has 0 spiro atoms. The summed E-state index contributed by atoms with van der Waals surface area (Å²) in [6.07, 6.45) is 3.56. The van der Waals surface area contributed by atoms with Gasteiger partial charge in [0.25, 0.3) is 0 Å². The average Bonchev–Trinajstić information content (AvgIpc) is 3.62. The van der Waals surface area contributed by atoms with Crippen molar-refractivity contribution in [2.45, 2.75) is 34.2 Å². The molecule has 10 nitrogen and oxygen atoms in total. The van der Waals surface area contributed by atoms with Crippen molar-refractivity contribution in [2.24, 2.45) is 0 Å². The number of thiophene rings is 1. The van der Waals surface area contributed by atoms with E-state index in [0.29, 0.717) is 28.9 Å². The van der Waals surface area contributed by atoms with Gasteiger partial charge in [-0.3, -0.25) is 4.90 Å². The smallest absolute Gasteiger partial charge is 0.225 e. The molecule has 1 fully saturated rings. The van der Waals surface area contributed by atoms with E-state index >= 15 is 0 Å². The maximum atomic E-state index is 6.27. The summed E-state index contributed by atoms with van der Waals surface area (Å²) >= 11 is 7.92. The third kappa shape index (κ3) is 7.34. The van der Waals surface area contributed by atoms with E-state index in [2.05, 4.69) is 43.2 Å². The molecule has 0 amide bonds. The summed E-state index contributed by atoms with van der Waals surface area (Å²) in [5.74, 6) is 2.90. The zero-order chi connectivity index (χ0) is 29.2. The lowest BCUT2D eigenvalue weighted by Crippen LogP contribution is -2.43. The number of benzene rings is 1. The summed E-state index contributed by atoms with van der Waals surface area (Å²) in [5, 5.41) is 4.44. The number of rotatable bonds is 8. The van der Waals surface area contributed by atoms with Gasteiger partial charge < -0.3 is 29.0 Å². The number of hydrogen-bond acceptors (Lipinski definition) is 10. The lowest BCUT2D eigenvalue weighted by Gasteiger charge is -2.31. The van der Waals surface area contributed by atoms with E-state index in [9.17, 15) is 0 Å². The van der Waals surface area contributed by atoms with Crippen LogP contribution in [-0.2, 0) is 6.54 Å². The molecule has 1 N–H and O–H groups in total. The van der Waals surface area contributed by atoms with Gasteiger partial charge >= 0.3 is 0 Å². The fraction of sp³-hybridized carbons (Fsp3) is 0.464. The first-order valence-corrected chi connectivity index (χ1v) is 14.6. The van der Waals surface area contributed by atoms with Crippen molar-refractivity contribution >= 4 is 44.8 Å². The molecule has 1 aliphatic rings. The summed E-state index contributed by atoms with van der Waals surface area (Å²) in [7, 11) is 6.92. The van der Waals surface area contributed by atoms with Gasteiger partial charge in [0.1, 0.15) is 22.8 Å². The second-order valence-corrected chi connectivity index (χ2v) is 9.98. The predicted octanol–water partition coefficient (Wildman–Crippen LogP) is 6.10. The van der Waals surface area contributed by atoms with Crippen LogP contribution in [0, 0.1) is 0 Å². The molecule has 0 unspecified atom stereocenters. The average molecular weight is 590 g/mol. The van der Waals surface area contributed by atoms with Crippen LogP contribution < -0.4 is 19.5 Å². The number of ether oxygens (including phenoxy) is 3. The SMILES string of the molecule is CC.CC.COc1cc(-n2cnc(Nc3nc(Cl)nc4sc(CN5CCN(C)CC5)cc34)c2)cc(OC)c1OC. The van der Waals surface area contributed by atoms with Crippen molar-refractivity contribution in [3.05, 3.63) is 40.9 Å². The number of likely N-dealkylation sites (N-methyl/N-ethyl adjacent to an activating group) is 1. The number of methoxy groups -OCH3 is 3. The molecule has 0 radical (unpaired) electrons. The second-order valence-electron chi connectivity index (χ2n) is 8.53. The van der Waals surface area contributed by atoms with Crippen LogP contribution in [0.1, 0.15) is 32.6 Å². The minimum atomic E-state index is 0.196. The van der Waals surface area contributed by atoms with Crippen LogP contribution in [0.4, 0.5) is 11.6 Å². The maximum absolute atomic E-state index is 6.27. The number of piperazine rings is 1. The zero-order valence-electron chi connectivity index (χ0n) is 24.6. The van der Waals surface area contributed by atoms with Gasteiger partial charge in [-0.05, 0) is 24.7 Å². The highest BCUT2D eigenvalue weighted by molar-refractivity contribution is 7.18. The summed E-state index contributed by atoms with van der Waals surface area (Å²) in [5.41, 5.74) is 0.806. The van der Waals surface area contributed by atoms with Crippen molar-refractivity contribution in [1.82, 2.24) is 29.3 Å². The standard InChI is InChI=1S/C24H28ClN7O3S.2C2H6/c1-30-5-7-31(8-6-30)12-16-11-17-22(28-24(25)29-23(17)36-16)27-20-13-32(14-26-20)15-9-18(33-2)21(35-4)19(10-15)34-3;2*1-2/h9-11,13-14H,5-8,12H2,1-4H3,(H,27,28,29);2*1-2H3.